The van der Waals surface area contributed by atoms with Gasteiger partial charge in [0.05, 0.1) is 24.4 Å². The van der Waals surface area contributed by atoms with E-state index in [9.17, 15) is 0 Å². The molecule has 2 bridgehead atoms. The van der Waals surface area contributed by atoms with E-state index in [1.807, 2.05) is 0 Å². The normalized spacial score (nSPS) is 42.8. The van der Waals surface area contributed by atoms with E-state index >= 15 is 0 Å². The summed E-state index contributed by atoms with van der Waals surface area (Å²) in [6.07, 6.45) is 16.5. The van der Waals surface area contributed by atoms with Gasteiger partial charge < -0.3 is 9.47 Å². The molecule has 0 N–H and O–H groups in total. The summed E-state index contributed by atoms with van der Waals surface area (Å²) < 4.78 is 13.2. The summed E-state index contributed by atoms with van der Waals surface area (Å²) in [6, 6.07) is 16.8. The van der Waals surface area contributed by atoms with Gasteiger partial charge in [0, 0.05) is 18.0 Å². The summed E-state index contributed by atoms with van der Waals surface area (Å²) in [5.74, 6) is 1.23. The first-order chi connectivity index (χ1) is 18.5. The van der Waals surface area contributed by atoms with Gasteiger partial charge in [-0.3, -0.25) is 4.90 Å². The molecule has 2 saturated carbocycles. The van der Waals surface area contributed by atoms with Gasteiger partial charge in [-0.05, 0) is 109 Å². The molecule has 198 valence electrons. The van der Waals surface area contributed by atoms with Gasteiger partial charge in [-0.15, -0.1) is 0 Å². The summed E-state index contributed by atoms with van der Waals surface area (Å²) in [6.45, 7) is 7.08. The Morgan fingerprint density at radius 3 is 2.68 bits per heavy atom. The third-order valence-corrected chi connectivity index (χ3v) is 12.6. The quantitative estimate of drug-likeness (QED) is 0.430. The Hall–Kier alpha value is -1.94. The number of rotatable bonds is 2. The van der Waals surface area contributed by atoms with Crippen molar-refractivity contribution < 1.29 is 9.47 Å². The maximum Gasteiger partial charge on any atom is 0.0974 e. The van der Waals surface area contributed by atoms with Crippen molar-refractivity contribution in [2.45, 2.75) is 87.9 Å². The van der Waals surface area contributed by atoms with E-state index in [0.717, 1.165) is 13.2 Å². The Balaban J connectivity index is 1.03. The molecule has 3 heteroatoms. The minimum Gasteiger partial charge on any atom is -0.380 e. The minimum atomic E-state index is -0.0575. The fourth-order valence-electron chi connectivity index (χ4n) is 10.6. The topological polar surface area (TPSA) is 21.7 Å². The van der Waals surface area contributed by atoms with Crippen molar-refractivity contribution in [2.75, 3.05) is 26.3 Å². The van der Waals surface area contributed by atoms with Crippen LogP contribution in [0.1, 0.15) is 76.2 Å². The molecule has 2 aromatic carbocycles. The van der Waals surface area contributed by atoms with Crippen LogP contribution in [-0.2, 0) is 9.47 Å². The molecule has 3 aliphatic carbocycles. The lowest BCUT2D eigenvalue weighted by atomic mass is 9.58. The Bertz CT molecular complexity index is 1390. The van der Waals surface area contributed by atoms with E-state index in [-0.39, 0.29) is 16.6 Å². The van der Waals surface area contributed by atoms with Crippen LogP contribution in [0.2, 0.25) is 0 Å². The molecule has 0 amide bonds. The third-order valence-electron chi connectivity index (χ3n) is 12.6. The van der Waals surface area contributed by atoms with Gasteiger partial charge in [0.2, 0.25) is 0 Å². The van der Waals surface area contributed by atoms with E-state index in [4.69, 9.17) is 9.47 Å². The zero-order valence-electron chi connectivity index (χ0n) is 22.9. The van der Waals surface area contributed by atoms with E-state index in [1.165, 1.54) is 81.6 Å². The zero-order valence-corrected chi connectivity index (χ0v) is 22.9. The molecule has 4 aliphatic heterocycles. The van der Waals surface area contributed by atoms with Crippen molar-refractivity contribution in [1.29, 1.82) is 0 Å². The second kappa shape index (κ2) is 7.62. The van der Waals surface area contributed by atoms with Crippen molar-refractivity contribution in [3.05, 3.63) is 71.3 Å². The average molecular weight is 508 g/mol. The fraction of sp³-hybridized carbons (Fsp3) is 0.600. The number of fused-ring (bicyclic) bond motifs is 2. The molecule has 1 unspecified atom stereocenters. The highest BCUT2D eigenvalue weighted by Crippen LogP contribution is 2.69. The van der Waals surface area contributed by atoms with Gasteiger partial charge in [0.15, 0.2) is 0 Å². The van der Waals surface area contributed by atoms with E-state index in [2.05, 4.69) is 66.4 Å². The Morgan fingerprint density at radius 2 is 1.84 bits per heavy atom. The van der Waals surface area contributed by atoms with Gasteiger partial charge in [-0.25, -0.2) is 0 Å². The van der Waals surface area contributed by atoms with Crippen molar-refractivity contribution in [2.24, 2.45) is 16.7 Å². The minimum absolute atomic E-state index is 0.00852. The summed E-state index contributed by atoms with van der Waals surface area (Å²) in [5.41, 5.74) is 5.39. The molecule has 2 aromatic rings. The second-order valence-electron chi connectivity index (χ2n) is 14.4. The molecule has 3 saturated heterocycles. The maximum absolute atomic E-state index is 7.61. The number of allylic oxidation sites excluding steroid dienone is 1. The van der Waals surface area contributed by atoms with Crippen molar-refractivity contribution in [3.8, 4) is 0 Å². The first-order valence-electron chi connectivity index (χ1n) is 15.4. The summed E-state index contributed by atoms with van der Waals surface area (Å²) in [7, 11) is 0. The summed E-state index contributed by atoms with van der Waals surface area (Å²) in [5, 5.41) is 2.74. The van der Waals surface area contributed by atoms with Crippen LogP contribution in [-0.4, -0.2) is 48.4 Å². The van der Waals surface area contributed by atoms with Crippen LogP contribution >= 0.6 is 0 Å². The standard InChI is InChI=1S/C35H41NO2/c1-32-13-12-28-19-27-8-9-29(36-17-16-33(21-36)22-37-23-33)20-34(27)14-15-35(28,38-34)31(32)11-10-30(32)26-7-6-24-4-2-3-5-25(24)18-26/h2-7,12,18-19,29-31H,8-11,13-17,20-23H2,1H3/t29-,30-,31-,32-,34?,35-/m1/s1. The first-order valence-corrected chi connectivity index (χ1v) is 15.4. The highest BCUT2D eigenvalue weighted by molar-refractivity contribution is 5.83. The molecule has 6 atom stereocenters. The molecule has 38 heavy (non-hydrogen) atoms. The van der Waals surface area contributed by atoms with Crippen LogP contribution in [0.4, 0.5) is 0 Å². The van der Waals surface area contributed by atoms with E-state index in [0.29, 0.717) is 23.3 Å². The highest BCUT2D eigenvalue weighted by atomic mass is 16.5. The molecule has 3 nitrogen and oxygen atoms in total. The molecule has 5 fully saturated rings. The van der Waals surface area contributed by atoms with E-state index in [1.54, 1.807) is 16.7 Å². The predicted molar refractivity (Wildman–Crippen MR) is 151 cm³/mol. The largest absolute Gasteiger partial charge is 0.380 e. The lowest BCUT2D eigenvalue weighted by Gasteiger charge is -2.55. The third kappa shape index (κ3) is 2.91. The number of ether oxygens (including phenoxy) is 2. The van der Waals surface area contributed by atoms with Gasteiger partial charge in [0.25, 0.3) is 0 Å². The van der Waals surface area contributed by atoms with E-state index < -0.39 is 0 Å². The van der Waals surface area contributed by atoms with Gasteiger partial charge in [-0.2, -0.15) is 0 Å². The first kappa shape index (κ1) is 22.8. The maximum atomic E-state index is 7.61. The molecular formula is C35H41NO2. The van der Waals surface area contributed by atoms with Crippen molar-refractivity contribution in [3.63, 3.8) is 0 Å². The molecular weight excluding hydrogens is 466 g/mol. The highest BCUT2D eigenvalue weighted by Gasteiger charge is 2.66. The number of nitrogens with zero attached hydrogens (tertiary/aromatic N) is 1. The number of benzene rings is 2. The van der Waals surface area contributed by atoms with Crippen LogP contribution in [0.3, 0.4) is 0 Å². The smallest absolute Gasteiger partial charge is 0.0974 e. The van der Waals surface area contributed by atoms with Crippen LogP contribution in [0.15, 0.2) is 65.8 Å². The van der Waals surface area contributed by atoms with Crippen LogP contribution in [0, 0.1) is 16.7 Å². The van der Waals surface area contributed by atoms with Crippen molar-refractivity contribution in [1.82, 2.24) is 4.90 Å². The van der Waals surface area contributed by atoms with Gasteiger partial charge in [0.1, 0.15) is 0 Å². The zero-order chi connectivity index (χ0) is 25.2. The number of hydrogen-bond acceptors (Lipinski definition) is 3. The molecule has 9 rings (SSSR count). The monoisotopic (exact) mass is 507 g/mol. The Kier molecular flexibility index (Phi) is 4.58. The molecule has 0 radical (unpaired) electrons. The van der Waals surface area contributed by atoms with Crippen LogP contribution in [0.5, 0.6) is 0 Å². The predicted octanol–water partition coefficient (Wildman–Crippen LogP) is 7.17. The number of hydrogen-bond donors (Lipinski definition) is 0. The lowest BCUT2D eigenvalue weighted by molar-refractivity contribution is -0.142. The molecule has 7 aliphatic rings. The summed E-state index contributed by atoms with van der Waals surface area (Å²) in [4.78, 5) is 2.82. The fourth-order valence-corrected chi connectivity index (χ4v) is 10.6. The second-order valence-corrected chi connectivity index (χ2v) is 14.4. The van der Waals surface area contributed by atoms with Crippen LogP contribution < -0.4 is 0 Å². The van der Waals surface area contributed by atoms with Crippen LogP contribution in [0.25, 0.3) is 10.8 Å². The lowest BCUT2D eigenvalue weighted by Crippen LogP contribution is -2.55. The van der Waals surface area contributed by atoms with Gasteiger partial charge >= 0.3 is 0 Å². The van der Waals surface area contributed by atoms with Crippen molar-refractivity contribution >= 4 is 10.8 Å². The number of likely N-dealkylation sites (tertiary alicyclic amines) is 1. The molecule has 4 heterocycles. The average Bonchev–Trinajstić information content (AvgIpc) is 3.61. The molecule has 0 aromatic heterocycles. The summed E-state index contributed by atoms with van der Waals surface area (Å²) >= 11 is 0. The SMILES string of the molecule is C[C@]12CC=C3C=C4CC[C@@H](N5CCC6(COC6)C5)CC45CC[C@]3(O5)[C@@H]1CC[C@@H]2c1ccc2ccccc2c1. The van der Waals surface area contributed by atoms with Gasteiger partial charge in [-0.1, -0.05) is 61.5 Å². The Morgan fingerprint density at radius 1 is 0.947 bits per heavy atom. The Labute approximate surface area is 227 Å². The molecule has 3 spiro atoms.